The third kappa shape index (κ3) is 2.74. The Balaban J connectivity index is 1.65. The molecule has 0 aromatic carbocycles. The molecule has 1 fully saturated rings. The van der Waals surface area contributed by atoms with Crippen LogP contribution in [0.1, 0.15) is 17.3 Å². The van der Waals surface area contributed by atoms with Crippen molar-refractivity contribution in [2.45, 2.75) is 6.92 Å². The van der Waals surface area contributed by atoms with Crippen LogP contribution >= 0.6 is 0 Å². The van der Waals surface area contributed by atoms with Crippen molar-refractivity contribution in [2.75, 3.05) is 32.8 Å². The highest BCUT2D eigenvalue weighted by atomic mass is 16.6. The molecule has 1 aliphatic rings. The maximum absolute atomic E-state index is 12.5. The van der Waals surface area contributed by atoms with E-state index in [1.54, 1.807) is 35.3 Å². The summed E-state index contributed by atoms with van der Waals surface area (Å²) in [5.74, 6) is -0.0211. The standard InChI is InChI=1S/C15H18N4O3/c1-2-22-15(21)18-7-5-17(6-8-18)14(20)12-3-4-19-11-16-10-13(19)9-12/h3-4,9-11H,2,5-8H2,1H3. The van der Waals surface area contributed by atoms with Crippen LogP contribution in [0.4, 0.5) is 4.79 Å². The first-order valence-electron chi connectivity index (χ1n) is 7.31. The van der Waals surface area contributed by atoms with Crippen LogP contribution in [0.25, 0.3) is 5.52 Å². The molecule has 0 atom stereocenters. The van der Waals surface area contributed by atoms with E-state index in [1.165, 1.54) is 0 Å². The number of imidazole rings is 1. The maximum Gasteiger partial charge on any atom is 0.409 e. The van der Waals surface area contributed by atoms with Gasteiger partial charge in [-0.2, -0.15) is 0 Å². The van der Waals surface area contributed by atoms with Crippen LogP contribution in [0.5, 0.6) is 0 Å². The summed E-state index contributed by atoms with van der Waals surface area (Å²) >= 11 is 0. The van der Waals surface area contributed by atoms with Crippen LogP contribution in [0.3, 0.4) is 0 Å². The van der Waals surface area contributed by atoms with E-state index in [1.807, 2.05) is 16.7 Å². The van der Waals surface area contributed by atoms with E-state index >= 15 is 0 Å². The molecule has 2 aromatic rings. The first kappa shape index (κ1) is 14.4. The average molecular weight is 302 g/mol. The lowest BCUT2D eigenvalue weighted by molar-refractivity contribution is 0.0570. The van der Waals surface area contributed by atoms with Gasteiger partial charge < -0.3 is 18.9 Å². The van der Waals surface area contributed by atoms with Crippen molar-refractivity contribution in [3.63, 3.8) is 0 Å². The highest BCUT2D eigenvalue weighted by molar-refractivity contribution is 5.95. The Morgan fingerprint density at radius 2 is 1.95 bits per heavy atom. The van der Waals surface area contributed by atoms with Crippen molar-refractivity contribution < 1.29 is 14.3 Å². The Hall–Kier alpha value is -2.57. The number of carbonyl (C=O) groups excluding carboxylic acids is 2. The number of pyridine rings is 1. The number of fused-ring (bicyclic) bond motifs is 1. The van der Waals surface area contributed by atoms with Crippen LogP contribution < -0.4 is 0 Å². The molecular formula is C15H18N4O3. The smallest absolute Gasteiger partial charge is 0.409 e. The van der Waals surface area contributed by atoms with Gasteiger partial charge in [-0.25, -0.2) is 9.78 Å². The molecule has 1 aliphatic heterocycles. The number of hydrogen-bond donors (Lipinski definition) is 0. The Morgan fingerprint density at radius 3 is 2.68 bits per heavy atom. The molecule has 0 spiro atoms. The number of carbonyl (C=O) groups is 2. The second-order valence-electron chi connectivity index (χ2n) is 5.12. The minimum Gasteiger partial charge on any atom is -0.450 e. The fraction of sp³-hybridized carbons (Fsp3) is 0.400. The Kier molecular flexibility index (Phi) is 3.95. The zero-order valence-corrected chi connectivity index (χ0v) is 12.4. The van der Waals surface area contributed by atoms with Gasteiger partial charge in [-0.1, -0.05) is 0 Å². The summed E-state index contributed by atoms with van der Waals surface area (Å²) < 4.78 is 6.83. The van der Waals surface area contributed by atoms with E-state index in [2.05, 4.69) is 4.98 Å². The van der Waals surface area contributed by atoms with Crippen LogP contribution in [-0.4, -0.2) is 64.0 Å². The van der Waals surface area contributed by atoms with Gasteiger partial charge in [-0.3, -0.25) is 4.79 Å². The summed E-state index contributed by atoms with van der Waals surface area (Å²) in [6, 6.07) is 3.61. The fourth-order valence-corrected chi connectivity index (χ4v) is 2.54. The first-order valence-corrected chi connectivity index (χ1v) is 7.31. The summed E-state index contributed by atoms with van der Waals surface area (Å²) in [5, 5.41) is 0. The molecule has 0 saturated carbocycles. The number of piperazine rings is 1. The molecule has 116 valence electrons. The average Bonchev–Trinajstić information content (AvgIpc) is 3.02. The molecule has 3 heterocycles. The van der Waals surface area contributed by atoms with Crippen molar-refractivity contribution >= 4 is 17.5 Å². The Labute approximate surface area is 128 Å². The maximum atomic E-state index is 12.5. The lowest BCUT2D eigenvalue weighted by Crippen LogP contribution is -2.50. The van der Waals surface area contributed by atoms with Crippen molar-refractivity contribution in [3.8, 4) is 0 Å². The van der Waals surface area contributed by atoms with Gasteiger partial charge in [-0.15, -0.1) is 0 Å². The van der Waals surface area contributed by atoms with E-state index < -0.39 is 0 Å². The third-order valence-corrected chi connectivity index (χ3v) is 3.75. The lowest BCUT2D eigenvalue weighted by Gasteiger charge is -2.34. The van der Waals surface area contributed by atoms with Crippen molar-refractivity contribution in [3.05, 3.63) is 36.4 Å². The number of aromatic nitrogens is 2. The number of amides is 2. The number of hydrogen-bond acceptors (Lipinski definition) is 4. The largest absolute Gasteiger partial charge is 0.450 e. The molecule has 7 heteroatoms. The SMILES string of the molecule is CCOC(=O)N1CCN(C(=O)c2ccn3cncc3c2)CC1. The normalized spacial score (nSPS) is 15.1. The zero-order valence-electron chi connectivity index (χ0n) is 12.4. The van der Waals surface area contributed by atoms with Crippen LogP contribution in [0.15, 0.2) is 30.9 Å². The van der Waals surface area contributed by atoms with Gasteiger partial charge in [0.2, 0.25) is 0 Å². The molecule has 0 bridgehead atoms. The van der Waals surface area contributed by atoms with Gasteiger partial charge in [0.25, 0.3) is 5.91 Å². The molecule has 0 unspecified atom stereocenters. The first-order chi connectivity index (χ1) is 10.7. The summed E-state index contributed by atoms with van der Waals surface area (Å²) in [5.41, 5.74) is 1.52. The van der Waals surface area contributed by atoms with E-state index in [0.717, 1.165) is 5.52 Å². The van der Waals surface area contributed by atoms with Gasteiger partial charge >= 0.3 is 6.09 Å². The molecule has 0 aliphatic carbocycles. The summed E-state index contributed by atoms with van der Waals surface area (Å²) in [6.45, 7) is 4.18. The van der Waals surface area contributed by atoms with E-state index in [9.17, 15) is 9.59 Å². The number of rotatable bonds is 2. The van der Waals surface area contributed by atoms with Crippen LogP contribution in [0.2, 0.25) is 0 Å². The third-order valence-electron chi connectivity index (χ3n) is 3.75. The molecule has 2 amide bonds. The van der Waals surface area contributed by atoms with E-state index in [-0.39, 0.29) is 12.0 Å². The number of ether oxygens (including phenoxy) is 1. The topological polar surface area (TPSA) is 67.2 Å². The van der Waals surface area contributed by atoms with Gasteiger partial charge in [0, 0.05) is 37.9 Å². The van der Waals surface area contributed by atoms with Crippen LogP contribution in [-0.2, 0) is 4.74 Å². The molecule has 0 N–H and O–H groups in total. The molecule has 2 aromatic heterocycles. The molecule has 3 rings (SSSR count). The minimum absolute atomic E-state index is 0.0211. The monoisotopic (exact) mass is 302 g/mol. The molecular weight excluding hydrogens is 284 g/mol. The summed E-state index contributed by atoms with van der Waals surface area (Å²) in [6.07, 6.45) is 4.93. The van der Waals surface area contributed by atoms with Crippen LogP contribution in [0, 0.1) is 0 Å². The summed E-state index contributed by atoms with van der Waals surface area (Å²) in [7, 11) is 0. The van der Waals surface area contributed by atoms with E-state index in [4.69, 9.17) is 4.74 Å². The fourth-order valence-electron chi connectivity index (χ4n) is 2.54. The van der Waals surface area contributed by atoms with Gasteiger partial charge in [-0.05, 0) is 19.1 Å². The predicted molar refractivity (Wildman–Crippen MR) is 79.7 cm³/mol. The van der Waals surface area contributed by atoms with Gasteiger partial charge in [0.15, 0.2) is 0 Å². The van der Waals surface area contributed by atoms with Crippen molar-refractivity contribution in [1.82, 2.24) is 19.2 Å². The predicted octanol–water partition coefficient (Wildman–Crippen LogP) is 1.25. The second-order valence-corrected chi connectivity index (χ2v) is 5.12. The minimum atomic E-state index is -0.310. The number of nitrogens with zero attached hydrogens (tertiary/aromatic N) is 4. The molecule has 0 radical (unpaired) electrons. The van der Waals surface area contributed by atoms with E-state index in [0.29, 0.717) is 38.3 Å². The Morgan fingerprint density at radius 1 is 1.23 bits per heavy atom. The van der Waals surface area contributed by atoms with Gasteiger partial charge in [0.05, 0.1) is 24.6 Å². The summed E-state index contributed by atoms with van der Waals surface area (Å²) in [4.78, 5) is 31.6. The van der Waals surface area contributed by atoms with Crippen molar-refractivity contribution in [2.24, 2.45) is 0 Å². The lowest BCUT2D eigenvalue weighted by atomic mass is 10.2. The molecule has 22 heavy (non-hydrogen) atoms. The van der Waals surface area contributed by atoms with Gasteiger partial charge in [0.1, 0.15) is 0 Å². The quantitative estimate of drug-likeness (QED) is 0.837. The highest BCUT2D eigenvalue weighted by Gasteiger charge is 2.25. The Bertz CT molecular complexity index is 689. The highest BCUT2D eigenvalue weighted by Crippen LogP contribution is 2.12. The molecule has 1 saturated heterocycles. The zero-order chi connectivity index (χ0) is 15.5. The molecule has 7 nitrogen and oxygen atoms in total. The second kappa shape index (κ2) is 6.05. The van der Waals surface area contributed by atoms with Crippen molar-refractivity contribution in [1.29, 1.82) is 0 Å².